The molecule has 1 heterocycles. The van der Waals surface area contributed by atoms with E-state index in [1.54, 1.807) is 0 Å². The molecule has 0 aliphatic rings. The summed E-state index contributed by atoms with van der Waals surface area (Å²) in [4.78, 5) is 15.7. The zero-order valence-electron chi connectivity index (χ0n) is 12.1. The van der Waals surface area contributed by atoms with Crippen molar-refractivity contribution in [3.05, 3.63) is 42.2 Å². The van der Waals surface area contributed by atoms with Crippen LogP contribution in [0.4, 0.5) is 10.1 Å². The fourth-order valence-electron chi connectivity index (χ4n) is 1.88. The SMILES string of the molecule is O=C(Nc1cccc(F)c1)c1ncn(CC(O)C(O)CCO)n1. The summed E-state index contributed by atoms with van der Waals surface area (Å²) >= 11 is 0. The van der Waals surface area contributed by atoms with Gasteiger partial charge in [0.15, 0.2) is 0 Å². The number of carbonyl (C=O) groups is 1. The Bertz CT molecular complexity index is 664. The lowest BCUT2D eigenvalue weighted by atomic mass is 10.1. The molecular weight excluding hydrogens is 307 g/mol. The Morgan fingerprint density at radius 1 is 1.35 bits per heavy atom. The van der Waals surface area contributed by atoms with Crippen LogP contribution in [0.15, 0.2) is 30.6 Å². The predicted molar refractivity (Wildman–Crippen MR) is 78.1 cm³/mol. The number of hydrogen-bond acceptors (Lipinski definition) is 6. The Labute approximate surface area is 131 Å². The van der Waals surface area contributed by atoms with Gasteiger partial charge in [-0.1, -0.05) is 6.07 Å². The van der Waals surface area contributed by atoms with Gasteiger partial charge in [0.05, 0.1) is 18.8 Å². The number of benzene rings is 1. The van der Waals surface area contributed by atoms with Gasteiger partial charge in [-0.2, -0.15) is 0 Å². The van der Waals surface area contributed by atoms with Crippen LogP contribution in [-0.2, 0) is 6.54 Å². The molecule has 0 saturated carbocycles. The Morgan fingerprint density at radius 2 is 2.13 bits per heavy atom. The zero-order chi connectivity index (χ0) is 16.8. The molecule has 124 valence electrons. The van der Waals surface area contributed by atoms with E-state index in [1.807, 2.05) is 0 Å². The minimum Gasteiger partial charge on any atom is -0.396 e. The molecule has 1 aromatic carbocycles. The Balaban J connectivity index is 1.97. The van der Waals surface area contributed by atoms with Crippen LogP contribution in [-0.4, -0.2) is 54.8 Å². The second-order valence-corrected chi connectivity index (χ2v) is 4.90. The molecule has 23 heavy (non-hydrogen) atoms. The second-order valence-electron chi connectivity index (χ2n) is 4.90. The Kier molecular flexibility index (Phi) is 5.74. The van der Waals surface area contributed by atoms with E-state index in [2.05, 4.69) is 15.4 Å². The van der Waals surface area contributed by atoms with Gasteiger partial charge in [0.2, 0.25) is 5.82 Å². The van der Waals surface area contributed by atoms with E-state index in [4.69, 9.17) is 5.11 Å². The number of carbonyl (C=O) groups excluding carboxylic acids is 1. The molecule has 1 aromatic heterocycles. The molecule has 0 fully saturated rings. The van der Waals surface area contributed by atoms with Crippen molar-refractivity contribution in [3.63, 3.8) is 0 Å². The van der Waals surface area contributed by atoms with E-state index >= 15 is 0 Å². The average Bonchev–Trinajstić information content (AvgIpc) is 2.96. The van der Waals surface area contributed by atoms with Crippen LogP contribution in [0.1, 0.15) is 17.0 Å². The van der Waals surface area contributed by atoms with E-state index in [0.717, 1.165) is 6.07 Å². The third kappa shape index (κ3) is 4.81. The van der Waals surface area contributed by atoms with E-state index in [1.165, 1.54) is 29.2 Å². The topological polar surface area (TPSA) is 121 Å². The first-order valence-electron chi connectivity index (χ1n) is 6.93. The maximum Gasteiger partial charge on any atom is 0.295 e. The van der Waals surface area contributed by atoms with Crippen molar-refractivity contribution < 1.29 is 24.5 Å². The van der Waals surface area contributed by atoms with Crippen molar-refractivity contribution in [2.24, 2.45) is 0 Å². The summed E-state index contributed by atoms with van der Waals surface area (Å²) in [7, 11) is 0. The standard InChI is InChI=1S/C14H17FN4O4/c15-9-2-1-3-10(6-9)17-14(23)13-16-8-19(18-13)7-12(22)11(21)4-5-20/h1-3,6,8,11-12,20-22H,4-5,7H2,(H,17,23). The highest BCUT2D eigenvalue weighted by atomic mass is 19.1. The quantitative estimate of drug-likeness (QED) is 0.558. The van der Waals surface area contributed by atoms with Gasteiger partial charge in [0, 0.05) is 12.3 Å². The van der Waals surface area contributed by atoms with Crippen molar-refractivity contribution in [2.45, 2.75) is 25.2 Å². The van der Waals surface area contributed by atoms with Crippen LogP contribution >= 0.6 is 0 Å². The van der Waals surface area contributed by atoms with Crippen LogP contribution in [0, 0.1) is 5.82 Å². The number of hydrogen-bond donors (Lipinski definition) is 4. The average molecular weight is 324 g/mol. The smallest absolute Gasteiger partial charge is 0.295 e. The fraction of sp³-hybridized carbons (Fsp3) is 0.357. The minimum atomic E-state index is -1.15. The highest BCUT2D eigenvalue weighted by molar-refractivity contribution is 6.01. The summed E-state index contributed by atoms with van der Waals surface area (Å²) in [5.74, 6) is -1.26. The number of amides is 1. The van der Waals surface area contributed by atoms with Gasteiger partial charge >= 0.3 is 0 Å². The van der Waals surface area contributed by atoms with Gasteiger partial charge in [-0.25, -0.2) is 14.1 Å². The van der Waals surface area contributed by atoms with E-state index < -0.39 is 23.9 Å². The first-order valence-corrected chi connectivity index (χ1v) is 6.93. The van der Waals surface area contributed by atoms with Crippen molar-refractivity contribution >= 4 is 11.6 Å². The van der Waals surface area contributed by atoms with Crippen LogP contribution in [0.3, 0.4) is 0 Å². The molecule has 9 heteroatoms. The summed E-state index contributed by atoms with van der Waals surface area (Å²) in [6.45, 7) is -0.335. The molecule has 0 aliphatic heterocycles. The minimum absolute atomic E-state index is 0.0305. The number of nitrogens with zero attached hydrogens (tertiary/aromatic N) is 3. The number of aromatic nitrogens is 3. The molecule has 0 radical (unpaired) electrons. The Morgan fingerprint density at radius 3 is 2.83 bits per heavy atom. The molecule has 0 saturated heterocycles. The third-order valence-electron chi connectivity index (χ3n) is 3.07. The normalized spacial score (nSPS) is 13.6. The molecule has 8 nitrogen and oxygen atoms in total. The van der Waals surface area contributed by atoms with Crippen LogP contribution in [0.25, 0.3) is 0 Å². The van der Waals surface area contributed by atoms with Crippen LogP contribution < -0.4 is 5.32 Å². The maximum absolute atomic E-state index is 13.1. The second kappa shape index (κ2) is 7.77. The molecule has 0 aliphatic carbocycles. The van der Waals surface area contributed by atoms with Crippen molar-refractivity contribution in [3.8, 4) is 0 Å². The number of anilines is 1. The summed E-state index contributed by atoms with van der Waals surface area (Å²) in [6, 6.07) is 5.38. The van der Waals surface area contributed by atoms with Crippen LogP contribution in [0.2, 0.25) is 0 Å². The molecular formula is C14H17FN4O4. The number of aliphatic hydroxyl groups excluding tert-OH is 3. The molecule has 2 unspecified atom stereocenters. The van der Waals surface area contributed by atoms with Gasteiger partial charge in [0.25, 0.3) is 5.91 Å². The summed E-state index contributed by atoms with van der Waals surface area (Å²) < 4.78 is 14.3. The van der Waals surface area contributed by atoms with Gasteiger partial charge in [0.1, 0.15) is 12.1 Å². The first kappa shape index (κ1) is 17.0. The number of nitrogens with one attached hydrogen (secondary N) is 1. The lowest BCUT2D eigenvalue weighted by Gasteiger charge is -2.16. The van der Waals surface area contributed by atoms with Crippen molar-refractivity contribution in [1.82, 2.24) is 14.8 Å². The molecule has 1 amide bonds. The number of aliphatic hydroxyl groups is 3. The largest absolute Gasteiger partial charge is 0.396 e. The van der Waals surface area contributed by atoms with E-state index in [9.17, 15) is 19.4 Å². The van der Waals surface area contributed by atoms with Gasteiger partial charge in [-0.05, 0) is 24.6 Å². The highest BCUT2D eigenvalue weighted by Gasteiger charge is 2.18. The molecule has 4 N–H and O–H groups in total. The van der Waals surface area contributed by atoms with Crippen molar-refractivity contribution in [2.75, 3.05) is 11.9 Å². The maximum atomic E-state index is 13.1. The van der Waals surface area contributed by atoms with Gasteiger partial charge in [-0.15, -0.1) is 5.10 Å². The molecule has 0 bridgehead atoms. The van der Waals surface area contributed by atoms with Crippen LogP contribution in [0.5, 0.6) is 0 Å². The summed E-state index contributed by atoms with van der Waals surface area (Å²) in [6.07, 6.45) is -0.991. The fourth-order valence-corrected chi connectivity index (χ4v) is 1.88. The predicted octanol–water partition coefficient (Wildman–Crippen LogP) is -0.226. The monoisotopic (exact) mass is 324 g/mol. The number of rotatable bonds is 7. The lowest BCUT2D eigenvalue weighted by molar-refractivity contribution is -0.00530. The molecule has 0 spiro atoms. The summed E-state index contributed by atoms with van der Waals surface area (Å²) in [5.41, 5.74) is 0.268. The van der Waals surface area contributed by atoms with Gasteiger partial charge in [-0.3, -0.25) is 4.79 Å². The van der Waals surface area contributed by atoms with Gasteiger partial charge < -0.3 is 20.6 Å². The zero-order valence-corrected chi connectivity index (χ0v) is 12.1. The molecule has 2 aromatic rings. The third-order valence-corrected chi connectivity index (χ3v) is 3.07. The van der Waals surface area contributed by atoms with E-state index in [0.29, 0.717) is 0 Å². The van der Waals surface area contributed by atoms with E-state index in [-0.39, 0.29) is 31.1 Å². The molecule has 2 atom stereocenters. The summed E-state index contributed by atoms with van der Waals surface area (Å²) in [5, 5.41) is 34.3. The molecule has 2 rings (SSSR count). The lowest BCUT2D eigenvalue weighted by Crippen LogP contribution is -2.31. The highest BCUT2D eigenvalue weighted by Crippen LogP contribution is 2.10. The first-order chi connectivity index (χ1) is 11.0. The number of halogens is 1. The Hall–Kier alpha value is -2.36. The van der Waals surface area contributed by atoms with Crippen molar-refractivity contribution in [1.29, 1.82) is 0 Å².